The Kier molecular flexibility index (Phi) is 6.32. The molecule has 0 saturated carbocycles. The Bertz CT molecular complexity index is 1610. The zero-order valence-corrected chi connectivity index (χ0v) is 22.7. The molecule has 7 rings (SSSR count). The van der Waals surface area contributed by atoms with E-state index in [0.717, 1.165) is 16.7 Å². The zero-order chi connectivity index (χ0) is 28.0. The summed E-state index contributed by atoms with van der Waals surface area (Å²) in [5.74, 6) is -0.821. The summed E-state index contributed by atoms with van der Waals surface area (Å²) in [6.07, 6.45) is 1.10. The predicted octanol–water partition coefficient (Wildman–Crippen LogP) is 4.39. The van der Waals surface area contributed by atoms with Gasteiger partial charge in [-0.3, -0.25) is 4.98 Å². The van der Waals surface area contributed by atoms with Gasteiger partial charge in [0, 0.05) is 5.56 Å². The van der Waals surface area contributed by atoms with Crippen LogP contribution in [0.3, 0.4) is 0 Å². The molecule has 0 bridgehead atoms. The molecule has 4 heterocycles. The summed E-state index contributed by atoms with van der Waals surface area (Å²) in [7, 11) is 0. The van der Waals surface area contributed by atoms with E-state index in [1.54, 1.807) is 6.20 Å². The van der Waals surface area contributed by atoms with Crippen LogP contribution < -0.4 is 5.69 Å². The lowest BCUT2D eigenvalue weighted by Gasteiger charge is -2.37. The lowest BCUT2D eigenvalue weighted by Crippen LogP contribution is -2.39. The standard InChI is InChI=1S/C32H30N4O5/c1-31(2)40-27-25(39-26(28(27)41-31)24-18-35-36-29(24)33-20-34-30(36)37)19-38-32(21-12-6-3-7-13-21,22-14-8-4-9-15-22)23-16-10-5-11-17-23/h3-18,20,25-28H,19H2,1-2H3,(H,33,34,37)/t25-,26+,27-,28+/m1/s1. The molecule has 0 amide bonds. The second-order valence-electron chi connectivity index (χ2n) is 10.8. The summed E-state index contributed by atoms with van der Waals surface area (Å²) in [5, 5.41) is 4.25. The van der Waals surface area contributed by atoms with E-state index in [9.17, 15) is 4.79 Å². The van der Waals surface area contributed by atoms with Gasteiger partial charge in [-0.05, 0) is 30.5 Å². The van der Waals surface area contributed by atoms with Crippen LogP contribution >= 0.6 is 0 Å². The Labute approximate surface area is 236 Å². The molecule has 3 aromatic carbocycles. The Morgan fingerprint density at radius 2 is 1.44 bits per heavy atom. The maximum Gasteiger partial charge on any atom is 0.349 e. The summed E-state index contributed by atoms with van der Waals surface area (Å²) in [4.78, 5) is 19.2. The quantitative estimate of drug-likeness (QED) is 0.300. The van der Waals surface area contributed by atoms with Crippen molar-refractivity contribution in [1.29, 1.82) is 0 Å². The molecule has 2 aliphatic heterocycles. The van der Waals surface area contributed by atoms with Crippen LogP contribution in [0.5, 0.6) is 0 Å². The van der Waals surface area contributed by atoms with Gasteiger partial charge in [-0.25, -0.2) is 9.78 Å². The fraction of sp³-hybridized carbons (Fsp3) is 0.281. The molecule has 0 aliphatic carbocycles. The van der Waals surface area contributed by atoms with E-state index in [1.807, 2.05) is 68.4 Å². The smallest absolute Gasteiger partial charge is 0.349 e. The van der Waals surface area contributed by atoms with Gasteiger partial charge in [0.2, 0.25) is 0 Å². The third-order valence-electron chi connectivity index (χ3n) is 7.80. The van der Waals surface area contributed by atoms with Gasteiger partial charge in [-0.2, -0.15) is 9.61 Å². The van der Waals surface area contributed by atoms with Crippen molar-refractivity contribution >= 4 is 5.65 Å². The molecule has 0 spiro atoms. The highest BCUT2D eigenvalue weighted by Gasteiger charge is 2.57. The van der Waals surface area contributed by atoms with E-state index in [-0.39, 0.29) is 12.3 Å². The maximum atomic E-state index is 12.3. The molecule has 2 fully saturated rings. The number of hydrogen-bond acceptors (Lipinski definition) is 7. The molecule has 2 saturated heterocycles. The number of nitrogens with one attached hydrogen (secondary N) is 1. The lowest BCUT2D eigenvalue weighted by atomic mass is 9.80. The second kappa shape index (κ2) is 10.0. The Hall–Kier alpha value is -4.15. The highest BCUT2D eigenvalue weighted by atomic mass is 16.8. The van der Waals surface area contributed by atoms with E-state index in [2.05, 4.69) is 51.5 Å². The van der Waals surface area contributed by atoms with Crippen molar-refractivity contribution in [2.24, 2.45) is 0 Å². The van der Waals surface area contributed by atoms with E-state index >= 15 is 0 Å². The third-order valence-corrected chi connectivity index (χ3v) is 7.80. The van der Waals surface area contributed by atoms with Crippen molar-refractivity contribution in [2.75, 3.05) is 6.61 Å². The molecular weight excluding hydrogens is 520 g/mol. The van der Waals surface area contributed by atoms with Gasteiger partial charge < -0.3 is 18.9 Å². The van der Waals surface area contributed by atoms with E-state index in [4.69, 9.17) is 18.9 Å². The van der Waals surface area contributed by atoms with E-state index in [0.29, 0.717) is 11.2 Å². The molecule has 9 heteroatoms. The van der Waals surface area contributed by atoms with E-state index in [1.165, 1.54) is 10.8 Å². The van der Waals surface area contributed by atoms with Gasteiger partial charge in [-0.1, -0.05) is 91.0 Å². The molecular formula is C32H30N4O5. The zero-order valence-electron chi connectivity index (χ0n) is 22.7. The number of ether oxygens (including phenoxy) is 4. The SMILES string of the molecule is CC1(C)O[C@@H]2[C@H](O1)[C@@H](COC(c1ccccc1)(c1ccccc1)c1ccccc1)O[C@H]2c1cnn2c(=O)[nH]cnc12. The van der Waals surface area contributed by atoms with Crippen molar-refractivity contribution < 1.29 is 18.9 Å². The number of aromatic nitrogens is 4. The van der Waals surface area contributed by atoms with Crippen LogP contribution in [0.4, 0.5) is 0 Å². The highest BCUT2D eigenvalue weighted by Crippen LogP contribution is 2.47. The van der Waals surface area contributed by atoms with E-state index < -0.39 is 35.8 Å². The molecule has 9 nitrogen and oxygen atoms in total. The molecule has 1 N–H and O–H groups in total. The minimum Gasteiger partial charge on any atom is -0.362 e. The highest BCUT2D eigenvalue weighted by molar-refractivity contribution is 5.49. The first kappa shape index (κ1) is 25.8. The Balaban J connectivity index is 1.29. The minimum absolute atomic E-state index is 0.211. The first-order valence-corrected chi connectivity index (χ1v) is 13.7. The summed E-state index contributed by atoms with van der Waals surface area (Å²) in [6.45, 7) is 3.99. The van der Waals surface area contributed by atoms with Crippen LogP contribution in [0.15, 0.2) is 108 Å². The van der Waals surface area contributed by atoms with Crippen molar-refractivity contribution in [3.63, 3.8) is 0 Å². The predicted molar refractivity (Wildman–Crippen MR) is 150 cm³/mol. The molecule has 4 atom stereocenters. The van der Waals surface area contributed by atoms with Gasteiger partial charge >= 0.3 is 5.69 Å². The first-order valence-electron chi connectivity index (χ1n) is 13.7. The number of H-pyrrole nitrogens is 1. The lowest BCUT2D eigenvalue weighted by molar-refractivity contribution is -0.196. The van der Waals surface area contributed by atoms with Crippen LogP contribution in [-0.2, 0) is 24.5 Å². The van der Waals surface area contributed by atoms with Crippen molar-refractivity contribution in [2.45, 2.75) is 49.7 Å². The second-order valence-corrected chi connectivity index (χ2v) is 10.8. The number of rotatable bonds is 7. The Morgan fingerprint density at radius 3 is 2.02 bits per heavy atom. The van der Waals surface area contributed by atoms with Crippen LogP contribution in [0.1, 0.15) is 42.2 Å². The fourth-order valence-corrected chi connectivity index (χ4v) is 6.09. The minimum atomic E-state index is -0.908. The molecule has 0 unspecified atom stereocenters. The van der Waals surface area contributed by atoms with Crippen molar-refractivity contribution in [1.82, 2.24) is 19.6 Å². The van der Waals surface area contributed by atoms with Crippen molar-refractivity contribution in [3.8, 4) is 0 Å². The van der Waals surface area contributed by atoms with Crippen molar-refractivity contribution in [3.05, 3.63) is 136 Å². The number of nitrogens with zero attached hydrogens (tertiary/aromatic N) is 3. The summed E-state index contributed by atoms with van der Waals surface area (Å²) < 4.78 is 27.7. The summed E-state index contributed by atoms with van der Waals surface area (Å²) in [6, 6.07) is 30.6. The van der Waals surface area contributed by atoms with Gasteiger partial charge in [-0.15, -0.1) is 0 Å². The molecule has 0 radical (unpaired) electrons. The average Bonchev–Trinajstić information content (AvgIpc) is 3.67. The Morgan fingerprint density at radius 1 is 0.878 bits per heavy atom. The topological polar surface area (TPSA) is 100.0 Å². The molecule has 2 aromatic heterocycles. The average molecular weight is 551 g/mol. The van der Waals surface area contributed by atoms with Crippen LogP contribution in [0.25, 0.3) is 5.65 Å². The molecule has 5 aromatic rings. The monoisotopic (exact) mass is 550 g/mol. The van der Waals surface area contributed by atoms with Crippen LogP contribution in [-0.4, -0.2) is 50.3 Å². The number of benzene rings is 3. The van der Waals surface area contributed by atoms with Gasteiger partial charge in [0.15, 0.2) is 11.4 Å². The third kappa shape index (κ3) is 4.38. The van der Waals surface area contributed by atoms with Gasteiger partial charge in [0.25, 0.3) is 0 Å². The molecule has 41 heavy (non-hydrogen) atoms. The van der Waals surface area contributed by atoms with Gasteiger partial charge in [0.1, 0.15) is 30.0 Å². The number of aromatic amines is 1. The van der Waals surface area contributed by atoms with Crippen LogP contribution in [0.2, 0.25) is 0 Å². The van der Waals surface area contributed by atoms with Crippen LogP contribution in [0, 0.1) is 0 Å². The number of fused-ring (bicyclic) bond motifs is 2. The molecule has 208 valence electrons. The fourth-order valence-electron chi connectivity index (χ4n) is 6.09. The molecule has 2 aliphatic rings. The maximum absolute atomic E-state index is 12.3. The first-order chi connectivity index (χ1) is 20.0. The summed E-state index contributed by atoms with van der Waals surface area (Å²) in [5.41, 5.74) is 2.79. The largest absolute Gasteiger partial charge is 0.362 e. The summed E-state index contributed by atoms with van der Waals surface area (Å²) >= 11 is 0. The normalized spacial score (nSPS) is 23.6. The van der Waals surface area contributed by atoms with Gasteiger partial charge in [0.05, 0.1) is 19.1 Å². The number of hydrogen-bond donors (Lipinski definition) is 1.